The van der Waals surface area contributed by atoms with Gasteiger partial charge in [0, 0.05) is 24.3 Å². The molecule has 0 saturated heterocycles. The molecule has 0 radical (unpaired) electrons. The standard InChI is InChI=1S/C19H18N4O3/c1-13(23-12-16(11-21-23)19(25)26)18(24)22-17-4-2-14(3-5-17)10-15-6-8-20-9-7-15/h2-9,11-13H,10H2,1H3,(H,22,24)(H,25,26). The second kappa shape index (κ2) is 7.60. The van der Waals surface area contributed by atoms with E-state index in [-0.39, 0.29) is 11.5 Å². The first-order valence-electron chi connectivity index (χ1n) is 8.09. The highest BCUT2D eigenvalue weighted by atomic mass is 16.4. The van der Waals surface area contributed by atoms with Gasteiger partial charge in [-0.15, -0.1) is 0 Å². The first-order valence-corrected chi connectivity index (χ1v) is 8.09. The lowest BCUT2D eigenvalue weighted by molar-refractivity contribution is -0.119. The Hall–Kier alpha value is -3.48. The smallest absolute Gasteiger partial charge is 0.338 e. The summed E-state index contributed by atoms with van der Waals surface area (Å²) < 4.78 is 1.33. The number of anilines is 1. The van der Waals surface area contributed by atoms with Gasteiger partial charge in [0.2, 0.25) is 5.91 Å². The molecule has 7 nitrogen and oxygen atoms in total. The van der Waals surface area contributed by atoms with Crippen molar-refractivity contribution in [3.05, 3.63) is 77.9 Å². The molecule has 0 bridgehead atoms. The number of carbonyl (C=O) groups is 2. The molecule has 2 N–H and O–H groups in total. The topological polar surface area (TPSA) is 97.1 Å². The average Bonchev–Trinajstić information content (AvgIpc) is 3.14. The molecule has 26 heavy (non-hydrogen) atoms. The summed E-state index contributed by atoms with van der Waals surface area (Å²) in [4.78, 5) is 27.2. The Kier molecular flexibility index (Phi) is 5.07. The van der Waals surface area contributed by atoms with Crippen LogP contribution >= 0.6 is 0 Å². The molecular formula is C19H18N4O3. The molecule has 0 aliphatic carbocycles. The number of aromatic nitrogens is 3. The quantitative estimate of drug-likeness (QED) is 0.712. The van der Waals surface area contributed by atoms with Gasteiger partial charge < -0.3 is 10.4 Å². The Morgan fingerprint density at radius 1 is 1.12 bits per heavy atom. The number of amides is 1. The van der Waals surface area contributed by atoms with Crippen molar-refractivity contribution in [3.8, 4) is 0 Å². The minimum absolute atomic E-state index is 0.0464. The zero-order valence-electron chi connectivity index (χ0n) is 14.2. The van der Waals surface area contributed by atoms with Crippen LogP contribution in [0.1, 0.15) is 34.5 Å². The maximum absolute atomic E-state index is 12.3. The van der Waals surface area contributed by atoms with Crippen LogP contribution in [0.3, 0.4) is 0 Å². The Balaban J connectivity index is 1.62. The average molecular weight is 350 g/mol. The van der Waals surface area contributed by atoms with Gasteiger partial charge in [0.05, 0.1) is 11.8 Å². The number of aromatic carboxylic acids is 1. The number of nitrogens with zero attached hydrogens (tertiary/aromatic N) is 3. The molecule has 0 aliphatic heterocycles. The van der Waals surface area contributed by atoms with Crippen molar-refractivity contribution in [2.75, 3.05) is 5.32 Å². The minimum atomic E-state index is -1.08. The van der Waals surface area contributed by atoms with Crippen molar-refractivity contribution < 1.29 is 14.7 Å². The molecule has 132 valence electrons. The first kappa shape index (κ1) is 17.3. The van der Waals surface area contributed by atoms with E-state index < -0.39 is 12.0 Å². The van der Waals surface area contributed by atoms with Gasteiger partial charge in [0.25, 0.3) is 0 Å². The summed E-state index contributed by atoms with van der Waals surface area (Å²) in [6, 6.07) is 10.9. The SMILES string of the molecule is CC(C(=O)Nc1ccc(Cc2ccncc2)cc1)n1cc(C(=O)O)cn1. The van der Waals surface area contributed by atoms with E-state index in [0.29, 0.717) is 5.69 Å². The van der Waals surface area contributed by atoms with Gasteiger partial charge in [-0.2, -0.15) is 5.10 Å². The van der Waals surface area contributed by atoms with Crippen LogP contribution in [0, 0.1) is 0 Å². The van der Waals surface area contributed by atoms with E-state index in [0.717, 1.165) is 12.0 Å². The molecular weight excluding hydrogens is 332 g/mol. The van der Waals surface area contributed by atoms with E-state index in [1.165, 1.54) is 22.6 Å². The second-order valence-electron chi connectivity index (χ2n) is 5.91. The van der Waals surface area contributed by atoms with Crippen LogP contribution in [0.5, 0.6) is 0 Å². The monoisotopic (exact) mass is 350 g/mol. The van der Waals surface area contributed by atoms with Gasteiger partial charge >= 0.3 is 5.97 Å². The Morgan fingerprint density at radius 3 is 2.38 bits per heavy atom. The summed E-state index contributed by atoms with van der Waals surface area (Å²) in [6.45, 7) is 1.66. The Bertz CT molecular complexity index is 904. The van der Waals surface area contributed by atoms with Gasteiger partial charge in [-0.05, 0) is 48.7 Å². The summed E-state index contributed by atoms with van der Waals surface area (Å²) in [5, 5.41) is 15.7. The van der Waals surface area contributed by atoms with Crippen molar-refractivity contribution in [2.24, 2.45) is 0 Å². The predicted octanol–water partition coefficient (Wildman–Crippen LogP) is 2.77. The minimum Gasteiger partial charge on any atom is -0.478 e. The van der Waals surface area contributed by atoms with Gasteiger partial charge in [-0.1, -0.05) is 12.1 Å². The van der Waals surface area contributed by atoms with E-state index in [2.05, 4.69) is 15.4 Å². The lowest BCUT2D eigenvalue weighted by Gasteiger charge is -2.13. The fraction of sp³-hybridized carbons (Fsp3) is 0.158. The molecule has 1 atom stereocenters. The van der Waals surface area contributed by atoms with Gasteiger partial charge in [-0.25, -0.2) is 4.79 Å². The fourth-order valence-corrected chi connectivity index (χ4v) is 2.47. The van der Waals surface area contributed by atoms with Crippen LogP contribution in [-0.2, 0) is 11.2 Å². The van der Waals surface area contributed by atoms with Crippen molar-refractivity contribution in [3.63, 3.8) is 0 Å². The molecule has 1 unspecified atom stereocenters. The van der Waals surface area contributed by atoms with E-state index in [9.17, 15) is 9.59 Å². The summed E-state index contributed by atoms with van der Waals surface area (Å²) >= 11 is 0. The molecule has 7 heteroatoms. The molecule has 3 rings (SSSR count). The van der Waals surface area contributed by atoms with E-state index in [1.807, 2.05) is 36.4 Å². The van der Waals surface area contributed by atoms with Crippen LogP contribution < -0.4 is 5.32 Å². The number of carboxylic acid groups (broad SMARTS) is 1. The summed E-state index contributed by atoms with van der Waals surface area (Å²) in [5.41, 5.74) is 3.01. The van der Waals surface area contributed by atoms with Gasteiger partial charge in [-0.3, -0.25) is 14.5 Å². The van der Waals surface area contributed by atoms with Gasteiger partial charge in [0.1, 0.15) is 6.04 Å². The molecule has 2 heterocycles. The molecule has 0 spiro atoms. The van der Waals surface area contributed by atoms with Crippen LogP contribution in [0.15, 0.2) is 61.2 Å². The number of carbonyl (C=O) groups excluding carboxylic acids is 1. The third-order valence-electron chi connectivity index (χ3n) is 4.00. The third-order valence-corrected chi connectivity index (χ3v) is 4.00. The lowest BCUT2D eigenvalue weighted by Crippen LogP contribution is -2.24. The molecule has 0 fully saturated rings. The molecule has 1 aromatic carbocycles. The molecule has 1 amide bonds. The number of pyridine rings is 1. The highest BCUT2D eigenvalue weighted by Crippen LogP contribution is 2.15. The third kappa shape index (κ3) is 4.13. The maximum atomic E-state index is 12.3. The number of nitrogens with one attached hydrogen (secondary N) is 1. The molecule has 0 aliphatic rings. The summed E-state index contributed by atoms with van der Waals surface area (Å²) in [5.74, 6) is -1.35. The maximum Gasteiger partial charge on any atom is 0.338 e. The van der Waals surface area contributed by atoms with Gasteiger partial charge in [0.15, 0.2) is 0 Å². The molecule has 3 aromatic rings. The van der Waals surface area contributed by atoms with Crippen molar-refractivity contribution in [1.29, 1.82) is 0 Å². The molecule has 2 aromatic heterocycles. The van der Waals surface area contributed by atoms with E-state index in [1.54, 1.807) is 19.3 Å². The predicted molar refractivity (Wildman–Crippen MR) is 96.0 cm³/mol. The zero-order valence-corrected chi connectivity index (χ0v) is 14.2. The number of hydrogen-bond donors (Lipinski definition) is 2. The molecule has 0 saturated carbocycles. The Morgan fingerprint density at radius 2 is 1.77 bits per heavy atom. The lowest BCUT2D eigenvalue weighted by atomic mass is 10.1. The van der Waals surface area contributed by atoms with Crippen LogP contribution in [0.2, 0.25) is 0 Å². The normalized spacial score (nSPS) is 11.7. The largest absolute Gasteiger partial charge is 0.478 e. The highest BCUT2D eigenvalue weighted by Gasteiger charge is 2.17. The second-order valence-corrected chi connectivity index (χ2v) is 5.91. The first-order chi connectivity index (χ1) is 12.5. The Labute approximate surface area is 150 Å². The highest BCUT2D eigenvalue weighted by molar-refractivity contribution is 5.93. The summed E-state index contributed by atoms with van der Waals surface area (Å²) in [6.07, 6.45) is 6.87. The van der Waals surface area contributed by atoms with E-state index >= 15 is 0 Å². The van der Waals surface area contributed by atoms with E-state index in [4.69, 9.17) is 5.11 Å². The zero-order chi connectivity index (χ0) is 18.5. The summed E-state index contributed by atoms with van der Waals surface area (Å²) in [7, 11) is 0. The number of hydrogen-bond acceptors (Lipinski definition) is 4. The van der Waals surface area contributed by atoms with Crippen molar-refractivity contribution >= 4 is 17.6 Å². The van der Waals surface area contributed by atoms with Crippen molar-refractivity contribution in [2.45, 2.75) is 19.4 Å². The number of benzene rings is 1. The van der Waals surface area contributed by atoms with Crippen LogP contribution in [0.4, 0.5) is 5.69 Å². The van der Waals surface area contributed by atoms with Crippen molar-refractivity contribution in [1.82, 2.24) is 14.8 Å². The van der Waals surface area contributed by atoms with Crippen LogP contribution in [0.25, 0.3) is 0 Å². The number of carboxylic acids is 1. The fourth-order valence-electron chi connectivity index (χ4n) is 2.47. The number of rotatable bonds is 6. The van der Waals surface area contributed by atoms with Crippen LogP contribution in [-0.4, -0.2) is 31.7 Å².